The van der Waals surface area contributed by atoms with Crippen LogP contribution in [0.2, 0.25) is 0 Å². The minimum atomic E-state index is -3.78. The lowest BCUT2D eigenvalue weighted by molar-refractivity contribution is -0.113. The minimum Gasteiger partial charge on any atom is -0.505 e. The molecule has 1 aromatic carbocycles. The summed E-state index contributed by atoms with van der Waals surface area (Å²) in [6.07, 6.45) is 0. The summed E-state index contributed by atoms with van der Waals surface area (Å²) in [4.78, 5) is 11.3. The number of nitrogens with one attached hydrogen (secondary N) is 1. The Morgan fingerprint density at radius 2 is 2.00 bits per heavy atom. The van der Waals surface area contributed by atoms with Crippen molar-refractivity contribution < 1.29 is 18.3 Å². The van der Waals surface area contributed by atoms with Crippen LogP contribution in [-0.4, -0.2) is 19.3 Å². The molecular formula is C11H11NO4S. The average Bonchev–Trinajstić information content (AvgIpc) is 2.23. The summed E-state index contributed by atoms with van der Waals surface area (Å²) in [5.41, 5.74) is 0.507. The zero-order chi connectivity index (χ0) is 12.8. The van der Waals surface area contributed by atoms with Gasteiger partial charge in [0, 0.05) is 12.5 Å². The van der Waals surface area contributed by atoms with Gasteiger partial charge in [-0.3, -0.25) is 9.52 Å². The zero-order valence-corrected chi connectivity index (χ0v) is 10.1. The molecule has 0 saturated heterocycles. The monoisotopic (exact) mass is 253 g/mol. The van der Waals surface area contributed by atoms with Gasteiger partial charge in [0.05, 0.1) is 4.90 Å². The van der Waals surface area contributed by atoms with Crippen molar-refractivity contribution >= 4 is 21.6 Å². The Labute approximate surface area is 98.8 Å². The number of aliphatic hydroxyl groups excluding tert-OH is 1. The van der Waals surface area contributed by atoms with Crippen molar-refractivity contribution in [2.75, 3.05) is 0 Å². The Morgan fingerprint density at radius 3 is 2.59 bits per heavy atom. The number of allylic oxidation sites excluding steroid dienone is 1. The van der Waals surface area contributed by atoms with Gasteiger partial charge in [-0.25, -0.2) is 8.42 Å². The standard InChI is InChI=1S/C11H11NO4S/c1-6-4-3-5-8-9(6)11(14)10(7(2)13)12-17(8,15)16/h3-5,12,14H,1-2H3. The summed E-state index contributed by atoms with van der Waals surface area (Å²) in [7, 11) is -3.78. The van der Waals surface area contributed by atoms with E-state index in [4.69, 9.17) is 0 Å². The first kappa shape index (κ1) is 11.7. The highest BCUT2D eigenvalue weighted by atomic mass is 32.2. The van der Waals surface area contributed by atoms with Crippen LogP contribution in [0.5, 0.6) is 0 Å². The van der Waals surface area contributed by atoms with Gasteiger partial charge >= 0.3 is 0 Å². The lowest BCUT2D eigenvalue weighted by Crippen LogP contribution is -2.32. The van der Waals surface area contributed by atoms with Crippen LogP contribution in [0.25, 0.3) is 5.76 Å². The molecule has 0 bridgehead atoms. The fourth-order valence-corrected chi connectivity index (χ4v) is 3.17. The van der Waals surface area contributed by atoms with Crippen molar-refractivity contribution in [3.63, 3.8) is 0 Å². The van der Waals surface area contributed by atoms with E-state index >= 15 is 0 Å². The third-order valence-corrected chi connectivity index (χ3v) is 3.98. The van der Waals surface area contributed by atoms with Crippen molar-refractivity contribution in [2.24, 2.45) is 0 Å². The van der Waals surface area contributed by atoms with Gasteiger partial charge in [0.1, 0.15) is 5.70 Å². The molecule has 0 radical (unpaired) electrons. The van der Waals surface area contributed by atoms with Crippen LogP contribution in [0.3, 0.4) is 0 Å². The van der Waals surface area contributed by atoms with Gasteiger partial charge in [0.2, 0.25) is 0 Å². The van der Waals surface area contributed by atoms with E-state index in [1.165, 1.54) is 13.0 Å². The third-order valence-electron chi connectivity index (χ3n) is 2.59. The predicted molar refractivity (Wildman–Crippen MR) is 61.7 cm³/mol. The molecule has 1 aromatic rings. The zero-order valence-electron chi connectivity index (χ0n) is 9.31. The topological polar surface area (TPSA) is 83.5 Å². The molecule has 2 N–H and O–H groups in total. The number of aryl methyl sites for hydroxylation is 1. The second-order valence-electron chi connectivity index (χ2n) is 3.83. The molecule has 1 aliphatic heterocycles. The summed E-state index contributed by atoms with van der Waals surface area (Å²) in [6, 6.07) is 4.64. The molecule has 0 spiro atoms. The molecule has 1 aliphatic rings. The Morgan fingerprint density at radius 1 is 1.35 bits per heavy atom. The summed E-state index contributed by atoms with van der Waals surface area (Å²) in [6.45, 7) is 2.87. The molecular weight excluding hydrogens is 242 g/mol. The van der Waals surface area contributed by atoms with Crippen molar-refractivity contribution in [1.82, 2.24) is 4.72 Å². The molecule has 0 aromatic heterocycles. The van der Waals surface area contributed by atoms with Crippen LogP contribution in [0, 0.1) is 6.92 Å². The predicted octanol–water partition coefficient (Wildman–Crippen LogP) is 1.10. The number of carbonyl (C=O) groups excluding carboxylic acids is 1. The first-order valence-corrected chi connectivity index (χ1v) is 6.40. The number of Topliss-reactive ketones (excluding diaryl/α,β-unsaturated/α-hetero) is 1. The molecule has 0 amide bonds. The molecule has 0 aliphatic carbocycles. The van der Waals surface area contributed by atoms with E-state index in [2.05, 4.69) is 4.72 Å². The van der Waals surface area contributed by atoms with Crippen molar-refractivity contribution in [3.05, 3.63) is 35.0 Å². The van der Waals surface area contributed by atoms with Crippen LogP contribution in [-0.2, 0) is 14.8 Å². The van der Waals surface area contributed by atoms with Crippen molar-refractivity contribution in [3.8, 4) is 0 Å². The molecule has 0 atom stereocenters. The van der Waals surface area contributed by atoms with E-state index < -0.39 is 15.8 Å². The van der Waals surface area contributed by atoms with E-state index in [9.17, 15) is 18.3 Å². The number of hydrogen-bond donors (Lipinski definition) is 2. The highest BCUT2D eigenvalue weighted by molar-refractivity contribution is 7.89. The van der Waals surface area contributed by atoms with E-state index in [0.717, 1.165) is 0 Å². The third kappa shape index (κ3) is 1.70. The Bertz CT molecular complexity index is 643. The van der Waals surface area contributed by atoms with E-state index in [-0.39, 0.29) is 21.9 Å². The fourth-order valence-electron chi connectivity index (χ4n) is 1.77. The van der Waals surface area contributed by atoms with Crippen molar-refractivity contribution in [1.29, 1.82) is 0 Å². The Kier molecular flexibility index (Phi) is 2.46. The van der Waals surface area contributed by atoms with Gasteiger partial charge in [-0.15, -0.1) is 0 Å². The number of aliphatic hydroxyl groups is 1. The SMILES string of the molecule is CC(=O)C1=C(O)c2c(C)cccc2S(=O)(=O)N1. The first-order chi connectivity index (χ1) is 7.84. The number of carbonyl (C=O) groups is 1. The quantitative estimate of drug-likeness (QED) is 0.785. The van der Waals surface area contributed by atoms with Gasteiger partial charge in [-0.2, -0.15) is 0 Å². The number of rotatable bonds is 1. The molecule has 0 saturated carbocycles. The summed E-state index contributed by atoms with van der Waals surface area (Å²) in [5.74, 6) is -0.847. The van der Waals surface area contributed by atoms with Crippen LogP contribution in [0.15, 0.2) is 28.8 Å². The molecule has 17 heavy (non-hydrogen) atoms. The molecule has 2 rings (SSSR count). The van der Waals surface area contributed by atoms with Crippen molar-refractivity contribution in [2.45, 2.75) is 18.7 Å². The second-order valence-corrected chi connectivity index (χ2v) is 5.48. The first-order valence-electron chi connectivity index (χ1n) is 4.91. The maximum atomic E-state index is 11.9. The van der Waals surface area contributed by atoms with Crippen LogP contribution < -0.4 is 4.72 Å². The Balaban J connectivity index is 2.87. The van der Waals surface area contributed by atoms with E-state index in [1.54, 1.807) is 19.1 Å². The number of ketones is 1. The molecule has 0 fully saturated rings. The van der Waals surface area contributed by atoms with E-state index in [0.29, 0.717) is 5.56 Å². The van der Waals surface area contributed by atoms with Gasteiger partial charge in [0.15, 0.2) is 11.5 Å². The number of hydrogen-bond acceptors (Lipinski definition) is 4. The van der Waals surface area contributed by atoms with Gasteiger partial charge in [0.25, 0.3) is 10.0 Å². The maximum absolute atomic E-state index is 11.9. The summed E-state index contributed by atoms with van der Waals surface area (Å²) < 4.78 is 25.8. The number of fused-ring (bicyclic) bond motifs is 1. The average molecular weight is 253 g/mol. The highest BCUT2D eigenvalue weighted by Gasteiger charge is 2.31. The highest BCUT2D eigenvalue weighted by Crippen LogP contribution is 2.31. The second kappa shape index (κ2) is 3.59. The van der Waals surface area contributed by atoms with Gasteiger partial charge < -0.3 is 5.11 Å². The fraction of sp³-hybridized carbons (Fsp3) is 0.182. The van der Waals surface area contributed by atoms with Crippen LogP contribution in [0.4, 0.5) is 0 Å². The lowest BCUT2D eigenvalue weighted by atomic mass is 10.0. The smallest absolute Gasteiger partial charge is 0.262 e. The number of benzene rings is 1. The summed E-state index contributed by atoms with van der Waals surface area (Å²) in [5, 5.41) is 9.94. The molecule has 90 valence electrons. The number of sulfonamides is 1. The largest absolute Gasteiger partial charge is 0.505 e. The molecule has 5 nitrogen and oxygen atoms in total. The summed E-state index contributed by atoms with van der Waals surface area (Å²) >= 11 is 0. The maximum Gasteiger partial charge on any atom is 0.262 e. The van der Waals surface area contributed by atoms with Gasteiger partial charge in [-0.1, -0.05) is 12.1 Å². The van der Waals surface area contributed by atoms with Crippen LogP contribution in [0.1, 0.15) is 18.1 Å². The van der Waals surface area contributed by atoms with Gasteiger partial charge in [-0.05, 0) is 18.6 Å². The van der Waals surface area contributed by atoms with E-state index in [1.807, 2.05) is 0 Å². The molecule has 1 heterocycles. The molecule has 6 heteroatoms. The Hall–Kier alpha value is -1.82. The van der Waals surface area contributed by atoms with Crippen LogP contribution >= 0.6 is 0 Å². The molecule has 0 unspecified atom stereocenters. The lowest BCUT2D eigenvalue weighted by Gasteiger charge is -2.21. The minimum absolute atomic E-state index is 0.0139. The normalized spacial score (nSPS) is 17.3.